The fourth-order valence-corrected chi connectivity index (χ4v) is 1.72. The summed E-state index contributed by atoms with van der Waals surface area (Å²) in [6, 6.07) is 6.68. The number of benzene rings is 1. The summed E-state index contributed by atoms with van der Waals surface area (Å²) < 4.78 is 0. The zero-order valence-corrected chi connectivity index (χ0v) is 8.06. The van der Waals surface area contributed by atoms with Crippen molar-refractivity contribution in [1.29, 1.82) is 0 Å². The van der Waals surface area contributed by atoms with Gasteiger partial charge in [0.05, 0.1) is 0 Å². The summed E-state index contributed by atoms with van der Waals surface area (Å²) in [5.41, 5.74) is 5.21. The quantitative estimate of drug-likeness (QED) is 0.688. The van der Waals surface area contributed by atoms with Crippen LogP contribution in [-0.4, -0.2) is 0 Å². The molecule has 0 radical (unpaired) electrons. The van der Waals surface area contributed by atoms with E-state index in [0.29, 0.717) is 0 Å². The van der Waals surface area contributed by atoms with Crippen molar-refractivity contribution in [2.24, 2.45) is 0 Å². The van der Waals surface area contributed by atoms with Gasteiger partial charge < -0.3 is 5.32 Å². The van der Waals surface area contributed by atoms with Crippen LogP contribution in [0.2, 0.25) is 0 Å². The van der Waals surface area contributed by atoms with Crippen LogP contribution in [0.4, 0.5) is 5.69 Å². The Balaban J connectivity index is 2.38. The minimum Gasteiger partial charge on any atom is -0.359 e. The molecule has 0 saturated carbocycles. The highest BCUT2D eigenvalue weighted by atomic mass is 14.9. The van der Waals surface area contributed by atoms with E-state index in [0.717, 1.165) is 25.0 Å². The van der Waals surface area contributed by atoms with Gasteiger partial charge in [0.1, 0.15) is 0 Å². The predicted octanol–water partition coefficient (Wildman–Crippen LogP) is 3.12. The summed E-state index contributed by atoms with van der Waals surface area (Å²) in [5.74, 6) is 0. The van der Waals surface area contributed by atoms with Crippen molar-refractivity contribution in [3.63, 3.8) is 0 Å². The maximum atomic E-state index is 3.96. The SMILES string of the molecule is C=C1CCc2ccc(CC)cc2N1. The second-order valence-corrected chi connectivity index (χ2v) is 3.57. The van der Waals surface area contributed by atoms with Crippen LogP contribution < -0.4 is 5.32 Å². The molecule has 0 saturated heterocycles. The van der Waals surface area contributed by atoms with Gasteiger partial charge in [0, 0.05) is 11.4 Å². The van der Waals surface area contributed by atoms with Crippen LogP contribution in [-0.2, 0) is 12.8 Å². The molecule has 1 aromatic carbocycles. The van der Waals surface area contributed by atoms with E-state index in [1.807, 2.05) is 0 Å². The Morgan fingerprint density at radius 3 is 3.00 bits per heavy atom. The summed E-state index contributed by atoms with van der Waals surface area (Å²) in [4.78, 5) is 0. The normalized spacial score (nSPS) is 15.0. The van der Waals surface area contributed by atoms with Crippen molar-refractivity contribution in [3.05, 3.63) is 41.6 Å². The summed E-state index contributed by atoms with van der Waals surface area (Å²) in [7, 11) is 0. The smallest absolute Gasteiger partial charge is 0.0417 e. The standard InChI is InChI=1S/C12H15N/c1-3-10-5-7-11-6-4-9(2)13-12(11)8-10/h5,7-8,13H,2-4,6H2,1H3. The van der Waals surface area contributed by atoms with Gasteiger partial charge in [-0.1, -0.05) is 25.6 Å². The first-order chi connectivity index (χ1) is 6.29. The first-order valence-electron chi connectivity index (χ1n) is 4.86. The molecule has 1 N–H and O–H groups in total. The van der Waals surface area contributed by atoms with Gasteiger partial charge >= 0.3 is 0 Å². The second-order valence-electron chi connectivity index (χ2n) is 3.57. The van der Waals surface area contributed by atoms with E-state index in [4.69, 9.17) is 0 Å². The number of anilines is 1. The van der Waals surface area contributed by atoms with Crippen LogP contribution in [0.25, 0.3) is 0 Å². The molecule has 68 valence electrons. The van der Waals surface area contributed by atoms with Crippen molar-refractivity contribution in [3.8, 4) is 0 Å². The van der Waals surface area contributed by atoms with Crippen LogP contribution in [0, 0.1) is 0 Å². The Morgan fingerprint density at radius 2 is 2.23 bits per heavy atom. The maximum Gasteiger partial charge on any atom is 0.0417 e. The molecule has 0 atom stereocenters. The molecule has 0 spiro atoms. The highest BCUT2D eigenvalue weighted by Crippen LogP contribution is 2.26. The molecule has 0 unspecified atom stereocenters. The zero-order chi connectivity index (χ0) is 9.26. The number of fused-ring (bicyclic) bond motifs is 1. The molecule has 2 rings (SSSR count). The van der Waals surface area contributed by atoms with Gasteiger partial charge in [0.15, 0.2) is 0 Å². The van der Waals surface area contributed by atoms with Crippen molar-refractivity contribution in [1.82, 2.24) is 0 Å². The molecule has 0 amide bonds. The molecule has 0 aliphatic carbocycles. The fraction of sp³-hybridized carbons (Fsp3) is 0.333. The molecular weight excluding hydrogens is 158 g/mol. The minimum absolute atomic E-state index is 1.07. The van der Waals surface area contributed by atoms with E-state index >= 15 is 0 Å². The Morgan fingerprint density at radius 1 is 1.38 bits per heavy atom. The van der Waals surface area contributed by atoms with E-state index in [9.17, 15) is 0 Å². The third kappa shape index (κ3) is 1.59. The van der Waals surface area contributed by atoms with Crippen molar-refractivity contribution < 1.29 is 0 Å². The van der Waals surface area contributed by atoms with Crippen LogP contribution in [0.3, 0.4) is 0 Å². The Labute approximate surface area is 79.5 Å². The molecule has 1 heteroatoms. The van der Waals surface area contributed by atoms with Gasteiger partial charge in [-0.2, -0.15) is 0 Å². The highest BCUT2D eigenvalue weighted by Gasteiger charge is 2.10. The molecule has 1 heterocycles. The highest BCUT2D eigenvalue weighted by molar-refractivity contribution is 5.58. The summed E-state index contributed by atoms with van der Waals surface area (Å²) >= 11 is 0. The number of allylic oxidation sites excluding steroid dienone is 1. The Hall–Kier alpha value is -1.24. The lowest BCUT2D eigenvalue weighted by Gasteiger charge is -2.20. The molecule has 1 nitrogen and oxygen atoms in total. The maximum absolute atomic E-state index is 3.96. The first kappa shape index (κ1) is 8.36. The van der Waals surface area contributed by atoms with Crippen molar-refractivity contribution >= 4 is 5.69 Å². The van der Waals surface area contributed by atoms with Gasteiger partial charge in [-0.25, -0.2) is 0 Å². The molecule has 1 aliphatic heterocycles. The predicted molar refractivity (Wildman–Crippen MR) is 56.9 cm³/mol. The lowest BCUT2D eigenvalue weighted by Crippen LogP contribution is -2.09. The van der Waals surface area contributed by atoms with Crippen LogP contribution in [0.5, 0.6) is 0 Å². The lowest BCUT2D eigenvalue weighted by molar-refractivity contribution is 0.915. The number of aryl methyl sites for hydroxylation is 2. The molecular formula is C12H15N. The molecule has 13 heavy (non-hydrogen) atoms. The van der Waals surface area contributed by atoms with Crippen LogP contribution >= 0.6 is 0 Å². The monoisotopic (exact) mass is 173 g/mol. The molecule has 0 bridgehead atoms. The van der Waals surface area contributed by atoms with Crippen molar-refractivity contribution in [2.75, 3.05) is 5.32 Å². The van der Waals surface area contributed by atoms with Gasteiger partial charge in [0.25, 0.3) is 0 Å². The van der Waals surface area contributed by atoms with E-state index in [-0.39, 0.29) is 0 Å². The van der Waals surface area contributed by atoms with Crippen molar-refractivity contribution in [2.45, 2.75) is 26.2 Å². The number of hydrogen-bond acceptors (Lipinski definition) is 1. The fourth-order valence-electron chi connectivity index (χ4n) is 1.72. The number of rotatable bonds is 1. The molecule has 0 fully saturated rings. The van der Waals surface area contributed by atoms with Gasteiger partial charge in [0.2, 0.25) is 0 Å². The minimum atomic E-state index is 1.07. The van der Waals surface area contributed by atoms with E-state index in [1.165, 1.54) is 16.8 Å². The number of hydrogen-bond donors (Lipinski definition) is 1. The topological polar surface area (TPSA) is 12.0 Å². The Bertz CT molecular complexity index is 339. The number of nitrogens with one attached hydrogen (secondary N) is 1. The molecule has 1 aromatic rings. The van der Waals surface area contributed by atoms with E-state index in [2.05, 4.69) is 37.0 Å². The largest absolute Gasteiger partial charge is 0.359 e. The molecule has 1 aliphatic rings. The Kier molecular flexibility index (Phi) is 2.09. The summed E-state index contributed by atoms with van der Waals surface area (Å²) in [6.45, 7) is 6.14. The zero-order valence-electron chi connectivity index (χ0n) is 8.06. The van der Waals surface area contributed by atoms with E-state index in [1.54, 1.807) is 0 Å². The van der Waals surface area contributed by atoms with E-state index < -0.39 is 0 Å². The van der Waals surface area contributed by atoms with Gasteiger partial charge in [-0.3, -0.25) is 0 Å². The third-order valence-electron chi connectivity index (χ3n) is 2.59. The first-order valence-corrected chi connectivity index (χ1v) is 4.86. The second kappa shape index (κ2) is 3.25. The summed E-state index contributed by atoms with van der Waals surface area (Å²) in [6.07, 6.45) is 3.30. The summed E-state index contributed by atoms with van der Waals surface area (Å²) in [5, 5.41) is 3.34. The van der Waals surface area contributed by atoms with Gasteiger partial charge in [-0.05, 0) is 36.5 Å². The third-order valence-corrected chi connectivity index (χ3v) is 2.59. The average Bonchev–Trinajstić information content (AvgIpc) is 2.16. The lowest BCUT2D eigenvalue weighted by atomic mass is 9.99. The van der Waals surface area contributed by atoms with Crippen LogP contribution in [0.1, 0.15) is 24.5 Å². The van der Waals surface area contributed by atoms with Gasteiger partial charge in [-0.15, -0.1) is 0 Å². The average molecular weight is 173 g/mol. The van der Waals surface area contributed by atoms with Crippen LogP contribution in [0.15, 0.2) is 30.5 Å². The molecule has 0 aromatic heterocycles.